The summed E-state index contributed by atoms with van der Waals surface area (Å²) in [5.41, 5.74) is 4.33. The van der Waals surface area contributed by atoms with Gasteiger partial charge in [0.15, 0.2) is 0 Å². The number of piperidine rings is 1. The molecule has 3 rings (SSSR count). The molecule has 0 aliphatic carbocycles. The lowest BCUT2D eigenvalue weighted by molar-refractivity contribution is -0.137. The maximum absolute atomic E-state index is 13.3. The van der Waals surface area contributed by atoms with E-state index in [1.54, 1.807) is 0 Å². The Morgan fingerprint density at radius 3 is 2.61 bits per heavy atom. The summed E-state index contributed by atoms with van der Waals surface area (Å²) in [6.07, 6.45) is 2.88. The number of nitrogens with zero attached hydrogens (tertiary/aromatic N) is 2. The average molecular weight is 385 g/mol. The lowest BCUT2D eigenvalue weighted by Gasteiger charge is -2.33. The first-order chi connectivity index (χ1) is 13.4. The van der Waals surface area contributed by atoms with Crippen molar-refractivity contribution >= 4 is 17.4 Å². The van der Waals surface area contributed by atoms with Gasteiger partial charge < -0.3 is 9.64 Å². The number of carbonyl (C=O) groups excluding carboxylic acids is 2. The molecule has 5 nitrogen and oxygen atoms in total. The standard InChI is InChI=1S/C23H32N2O3/c1-5-28-13-7-12-25-22(26)20(19-10-9-17(3)18(4)14-19)21(23(25)27)24-11-6-8-16(2)15-24/h9-10,14,16H,5-8,11-13,15H2,1-4H3. The third-order valence-corrected chi connectivity index (χ3v) is 5.79. The maximum atomic E-state index is 13.3. The molecule has 2 amide bonds. The van der Waals surface area contributed by atoms with Crippen LogP contribution in [0.4, 0.5) is 0 Å². The quantitative estimate of drug-likeness (QED) is 0.533. The van der Waals surface area contributed by atoms with Crippen molar-refractivity contribution in [3.8, 4) is 0 Å². The molecule has 0 aromatic heterocycles. The second kappa shape index (κ2) is 8.91. The molecule has 1 fully saturated rings. The van der Waals surface area contributed by atoms with E-state index < -0.39 is 0 Å². The van der Waals surface area contributed by atoms with E-state index >= 15 is 0 Å². The number of amides is 2. The summed E-state index contributed by atoms with van der Waals surface area (Å²) in [7, 11) is 0. The minimum atomic E-state index is -0.169. The van der Waals surface area contributed by atoms with Crippen LogP contribution >= 0.6 is 0 Å². The maximum Gasteiger partial charge on any atom is 0.277 e. The molecule has 1 saturated heterocycles. The van der Waals surface area contributed by atoms with Gasteiger partial charge in [-0.1, -0.05) is 25.1 Å². The fourth-order valence-corrected chi connectivity index (χ4v) is 4.08. The Balaban J connectivity index is 1.96. The first-order valence-corrected chi connectivity index (χ1v) is 10.4. The van der Waals surface area contributed by atoms with Gasteiger partial charge >= 0.3 is 0 Å². The molecule has 1 atom stereocenters. The highest BCUT2D eigenvalue weighted by Crippen LogP contribution is 2.34. The molecule has 0 N–H and O–H groups in total. The van der Waals surface area contributed by atoms with Gasteiger partial charge in [0.05, 0.1) is 5.57 Å². The van der Waals surface area contributed by atoms with Gasteiger partial charge in [-0.25, -0.2) is 0 Å². The zero-order valence-electron chi connectivity index (χ0n) is 17.6. The molecule has 2 aliphatic heterocycles. The van der Waals surface area contributed by atoms with Crippen molar-refractivity contribution in [2.24, 2.45) is 5.92 Å². The second-order valence-corrected chi connectivity index (χ2v) is 8.03. The fraction of sp³-hybridized carbons (Fsp3) is 0.565. The van der Waals surface area contributed by atoms with Gasteiger partial charge in [0.25, 0.3) is 11.8 Å². The number of rotatable bonds is 7. The number of hydrogen-bond donors (Lipinski definition) is 0. The molecule has 2 heterocycles. The van der Waals surface area contributed by atoms with Crippen LogP contribution in [0, 0.1) is 19.8 Å². The van der Waals surface area contributed by atoms with Crippen LogP contribution in [-0.4, -0.2) is 54.5 Å². The number of likely N-dealkylation sites (tertiary alicyclic amines) is 1. The second-order valence-electron chi connectivity index (χ2n) is 8.03. The van der Waals surface area contributed by atoms with Crippen LogP contribution in [0.15, 0.2) is 23.9 Å². The number of imide groups is 1. The van der Waals surface area contributed by atoms with Crippen LogP contribution in [0.3, 0.4) is 0 Å². The predicted molar refractivity (Wildman–Crippen MR) is 111 cm³/mol. The smallest absolute Gasteiger partial charge is 0.277 e. The molecule has 2 aliphatic rings. The van der Waals surface area contributed by atoms with Gasteiger partial charge in [0, 0.05) is 32.8 Å². The summed E-state index contributed by atoms with van der Waals surface area (Å²) < 4.78 is 5.39. The Bertz CT molecular complexity index is 784. The van der Waals surface area contributed by atoms with Gasteiger partial charge in [-0.05, 0) is 62.6 Å². The van der Waals surface area contributed by atoms with Crippen molar-refractivity contribution in [2.45, 2.75) is 47.0 Å². The van der Waals surface area contributed by atoms with E-state index in [9.17, 15) is 9.59 Å². The normalized spacial score (nSPS) is 20.5. The molecule has 0 bridgehead atoms. The van der Waals surface area contributed by atoms with Crippen molar-refractivity contribution < 1.29 is 14.3 Å². The molecule has 28 heavy (non-hydrogen) atoms. The lowest BCUT2D eigenvalue weighted by atomic mass is 9.96. The fourth-order valence-electron chi connectivity index (χ4n) is 4.08. The summed E-state index contributed by atoms with van der Waals surface area (Å²) in [4.78, 5) is 30.1. The van der Waals surface area contributed by atoms with E-state index in [4.69, 9.17) is 4.74 Å². The Labute approximate surface area is 168 Å². The molecular formula is C23H32N2O3. The number of ether oxygens (including phenoxy) is 1. The third-order valence-electron chi connectivity index (χ3n) is 5.79. The van der Waals surface area contributed by atoms with Crippen LogP contribution in [0.1, 0.15) is 49.8 Å². The average Bonchev–Trinajstić information content (AvgIpc) is 2.91. The minimum absolute atomic E-state index is 0.149. The van der Waals surface area contributed by atoms with Crippen molar-refractivity contribution in [1.82, 2.24) is 9.80 Å². The van der Waals surface area contributed by atoms with Gasteiger partial charge in [-0.2, -0.15) is 0 Å². The van der Waals surface area contributed by atoms with Gasteiger partial charge in [0.1, 0.15) is 5.70 Å². The highest BCUT2D eigenvalue weighted by molar-refractivity contribution is 6.35. The molecule has 0 spiro atoms. The van der Waals surface area contributed by atoms with Crippen LogP contribution in [0.5, 0.6) is 0 Å². The Hall–Kier alpha value is -2.14. The van der Waals surface area contributed by atoms with Gasteiger partial charge in [-0.15, -0.1) is 0 Å². The van der Waals surface area contributed by atoms with Crippen LogP contribution < -0.4 is 0 Å². The highest BCUT2D eigenvalue weighted by Gasteiger charge is 2.41. The molecule has 0 radical (unpaired) electrons. The molecule has 1 aromatic carbocycles. The van der Waals surface area contributed by atoms with Crippen molar-refractivity contribution in [3.63, 3.8) is 0 Å². The third kappa shape index (κ3) is 4.14. The van der Waals surface area contributed by atoms with Crippen molar-refractivity contribution in [1.29, 1.82) is 0 Å². The van der Waals surface area contributed by atoms with E-state index in [1.165, 1.54) is 16.9 Å². The zero-order chi connectivity index (χ0) is 20.3. The zero-order valence-corrected chi connectivity index (χ0v) is 17.6. The summed E-state index contributed by atoms with van der Waals surface area (Å²) in [6.45, 7) is 11.5. The Morgan fingerprint density at radius 2 is 1.93 bits per heavy atom. The van der Waals surface area contributed by atoms with Crippen molar-refractivity contribution in [2.75, 3.05) is 32.8 Å². The largest absolute Gasteiger partial charge is 0.382 e. The first kappa shape index (κ1) is 20.6. The lowest BCUT2D eigenvalue weighted by Crippen LogP contribution is -2.39. The summed E-state index contributed by atoms with van der Waals surface area (Å²) in [5.74, 6) is 0.207. The first-order valence-electron chi connectivity index (χ1n) is 10.4. The summed E-state index contributed by atoms with van der Waals surface area (Å²) >= 11 is 0. The predicted octanol–water partition coefficient (Wildman–Crippen LogP) is 3.54. The minimum Gasteiger partial charge on any atom is -0.382 e. The number of aryl methyl sites for hydroxylation is 2. The molecule has 1 unspecified atom stereocenters. The molecule has 0 saturated carbocycles. The Morgan fingerprint density at radius 1 is 1.14 bits per heavy atom. The topological polar surface area (TPSA) is 49.9 Å². The van der Waals surface area contributed by atoms with Crippen LogP contribution in [0.25, 0.3) is 5.57 Å². The highest BCUT2D eigenvalue weighted by atomic mass is 16.5. The van der Waals surface area contributed by atoms with Crippen LogP contribution in [0.2, 0.25) is 0 Å². The van der Waals surface area contributed by atoms with E-state index in [1.807, 2.05) is 32.0 Å². The van der Waals surface area contributed by atoms with Gasteiger partial charge in [0.2, 0.25) is 0 Å². The van der Waals surface area contributed by atoms with Crippen molar-refractivity contribution in [3.05, 3.63) is 40.6 Å². The molecule has 5 heteroatoms. The number of benzene rings is 1. The molecule has 1 aromatic rings. The molecular weight excluding hydrogens is 352 g/mol. The number of carbonyl (C=O) groups is 2. The molecule has 152 valence electrons. The van der Waals surface area contributed by atoms with E-state index in [2.05, 4.69) is 18.7 Å². The monoisotopic (exact) mass is 384 g/mol. The van der Waals surface area contributed by atoms with Gasteiger partial charge in [-0.3, -0.25) is 14.5 Å². The van der Waals surface area contributed by atoms with E-state index in [-0.39, 0.29) is 11.8 Å². The van der Waals surface area contributed by atoms with Crippen LogP contribution in [-0.2, 0) is 14.3 Å². The Kier molecular flexibility index (Phi) is 6.55. The number of hydrogen-bond acceptors (Lipinski definition) is 4. The summed E-state index contributed by atoms with van der Waals surface area (Å²) in [5, 5.41) is 0. The van der Waals surface area contributed by atoms with E-state index in [0.717, 1.165) is 30.6 Å². The summed E-state index contributed by atoms with van der Waals surface area (Å²) in [6, 6.07) is 6.04. The SMILES string of the molecule is CCOCCCN1C(=O)C(c2ccc(C)c(C)c2)=C(N2CCCC(C)C2)C1=O. The van der Waals surface area contributed by atoms with E-state index in [0.29, 0.717) is 43.4 Å².